The van der Waals surface area contributed by atoms with Crippen LogP contribution in [0, 0.1) is 0 Å². The van der Waals surface area contributed by atoms with Crippen LogP contribution in [-0.4, -0.2) is 73.4 Å². The Labute approximate surface area is 118 Å². The fourth-order valence-electron chi connectivity index (χ4n) is 3.31. The molecule has 19 heavy (non-hydrogen) atoms. The smallest absolute Gasteiger partial charge is 0.0637 e. The number of nitrogens with one attached hydrogen (secondary N) is 1. The zero-order valence-corrected chi connectivity index (χ0v) is 13.1. The van der Waals surface area contributed by atoms with Crippen molar-refractivity contribution in [1.29, 1.82) is 0 Å². The van der Waals surface area contributed by atoms with Gasteiger partial charge in [-0.2, -0.15) is 0 Å². The minimum absolute atomic E-state index is 0.302. The van der Waals surface area contributed by atoms with Crippen LogP contribution in [0.15, 0.2) is 0 Å². The third kappa shape index (κ3) is 3.91. The van der Waals surface area contributed by atoms with Crippen molar-refractivity contribution in [2.24, 2.45) is 0 Å². The summed E-state index contributed by atoms with van der Waals surface area (Å²) in [5.41, 5.74) is 0.302. The molecule has 2 unspecified atom stereocenters. The second-order valence-corrected chi connectivity index (χ2v) is 6.79. The van der Waals surface area contributed by atoms with Crippen molar-refractivity contribution in [2.45, 2.75) is 51.7 Å². The van der Waals surface area contributed by atoms with E-state index in [9.17, 15) is 0 Å². The van der Waals surface area contributed by atoms with E-state index in [1.54, 1.807) is 0 Å². The van der Waals surface area contributed by atoms with Gasteiger partial charge in [-0.3, -0.25) is 9.80 Å². The van der Waals surface area contributed by atoms with Gasteiger partial charge in [-0.15, -0.1) is 0 Å². The van der Waals surface area contributed by atoms with Gasteiger partial charge >= 0.3 is 0 Å². The van der Waals surface area contributed by atoms with Gasteiger partial charge in [0.1, 0.15) is 0 Å². The first-order valence-electron chi connectivity index (χ1n) is 7.82. The molecule has 0 saturated carbocycles. The molecule has 2 rings (SSSR count). The van der Waals surface area contributed by atoms with Gasteiger partial charge in [-0.1, -0.05) is 6.92 Å². The van der Waals surface area contributed by atoms with E-state index in [0.717, 1.165) is 26.2 Å². The summed E-state index contributed by atoms with van der Waals surface area (Å²) < 4.78 is 5.71. The van der Waals surface area contributed by atoms with E-state index in [4.69, 9.17) is 4.74 Å². The van der Waals surface area contributed by atoms with Gasteiger partial charge in [-0.05, 0) is 33.7 Å². The highest BCUT2D eigenvalue weighted by atomic mass is 16.5. The molecule has 0 spiro atoms. The fraction of sp³-hybridized carbons (Fsp3) is 1.00. The van der Waals surface area contributed by atoms with Gasteiger partial charge in [-0.25, -0.2) is 0 Å². The molecule has 2 aliphatic rings. The Morgan fingerprint density at radius 1 is 1.16 bits per heavy atom. The molecule has 0 aromatic heterocycles. The Balaban J connectivity index is 1.88. The summed E-state index contributed by atoms with van der Waals surface area (Å²) in [4.78, 5) is 5.23. The van der Waals surface area contributed by atoms with Crippen LogP contribution in [0.25, 0.3) is 0 Å². The monoisotopic (exact) mass is 269 g/mol. The summed E-state index contributed by atoms with van der Waals surface area (Å²) in [5, 5.41) is 3.64. The predicted octanol–water partition coefficient (Wildman–Crippen LogP) is 1.17. The van der Waals surface area contributed by atoms with E-state index >= 15 is 0 Å². The zero-order chi connectivity index (χ0) is 13.9. The lowest BCUT2D eigenvalue weighted by molar-refractivity contribution is -0.0311. The maximum Gasteiger partial charge on any atom is 0.0637 e. The third-order valence-electron chi connectivity index (χ3n) is 4.52. The average molecular weight is 269 g/mol. The zero-order valence-electron chi connectivity index (χ0n) is 13.1. The van der Waals surface area contributed by atoms with Crippen molar-refractivity contribution >= 4 is 0 Å². The first-order chi connectivity index (χ1) is 9.02. The average Bonchev–Trinajstić information content (AvgIpc) is 2.39. The van der Waals surface area contributed by atoms with Gasteiger partial charge in [0.05, 0.1) is 6.61 Å². The Kier molecular flexibility index (Phi) is 5.23. The first kappa shape index (κ1) is 15.2. The lowest BCUT2D eigenvalue weighted by Crippen LogP contribution is -2.61. The summed E-state index contributed by atoms with van der Waals surface area (Å²) in [6, 6.07) is 1.18. The van der Waals surface area contributed by atoms with Crippen molar-refractivity contribution in [2.75, 3.05) is 45.9 Å². The molecule has 0 amide bonds. The maximum absolute atomic E-state index is 5.71. The van der Waals surface area contributed by atoms with Gasteiger partial charge in [0.2, 0.25) is 0 Å². The highest BCUT2D eigenvalue weighted by molar-refractivity contribution is 4.91. The number of hydrogen-bond donors (Lipinski definition) is 1. The van der Waals surface area contributed by atoms with Crippen molar-refractivity contribution in [3.05, 3.63) is 0 Å². The molecule has 0 bridgehead atoms. The summed E-state index contributed by atoms with van der Waals surface area (Å²) in [5.74, 6) is 0. The molecular formula is C15H31N3O. The topological polar surface area (TPSA) is 27.7 Å². The van der Waals surface area contributed by atoms with Gasteiger partial charge in [0.15, 0.2) is 0 Å². The summed E-state index contributed by atoms with van der Waals surface area (Å²) in [6.45, 7) is 16.7. The van der Waals surface area contributed by atoms with Crippen LogP contribution in [0.4, 0.5) is 0 Å². The molecule has 0 aromatic carbocycles. The molecule has 2 atom stereocenters. The highest BCUT2D eigenvalue weighted by Gasteiger charge is 2.34. The van der Waals surface area contributed by atoms with Crippen molar-refractivity contribution in [3.8, 4) is 0 Å². The SMILES string of the molecule is CCNC1CCOCC1N1CCN(C(C)(C)C)CC1. The van der Waals surface area contributed by atoms with Crippen LogP contribution in [0.1, 0.15) is 34.1 Å². The van der Waals surface area contributed by atoms with Crippen LogP contribution in [0.3, 0.4) is 0 Å². The normalized spacial score (nSPS) is 31.6. The number of likely N-dealkylation sites (N-methyl/N-ethyl adjacent to an activating group) is 1. The molecule has 2 heterocycles. The van der Waals surface area contributed by atoms with Gasteiger partial charge in [0.25, 0.3) is 0 Å². The number of piperazine rings is 1. The number of hydrogen-bond acceptors (Lipinski definition) is 4. The van der Waals surface area contributed by atoms with Crippen LogP contribution in [0.2, 0.25) is 0 Å². The Hall–Kier alpha value is -0.160. The standard InChI is InChI=1S/C15H31N3O/c1-5-16-13-6-11-19-12-14(13)17-7-9-18(10-8-17)15(2,3)4/h13-14,16H,5-12H2,1-4H3. The Morgan fingerprint density at radius 2 is 1.84 bits per heavy atom. The molecule has 0 aromatic rings. The molecule has 112 valence electrons. The van der Waals surface area contributed by atoms with E-state index < -0.39 is 0 Å². The van der Waals surface area contributed by atoms with Crippen LogP contribution in [-0.2, 0) is 4.74 Å². The molecule has 4 nitrogen and oxygen atoms in total. The molecule has 2 fully saturated rings. The number of ether oxygens (including phenoxy) is 1. The molecule has 0 radical (unpaired) electrons. The van der Waals surface area contributed by atoms with Crippen LogP contribution < -0.4 is 5.32 Å². The fourth-order valence-corrected chi connectivity index (χ4v) is 3.31. The summed E-state index contributed by atoms with van der Waals surface area (Å²) in [6.07, 6.45) is 1.15. The van der Waals surface area contributed by atoms with Gasteiger partial charge < -0.3 is 10.1 Å². The molecular weight excluding hydrogens is 238 g/mol. The largest absolute Gasteiger partial charge is 0.380 e. The lowest BCUT2D eigenvalue weighted by atomic mass is 9.99. The van der Waals surface area contributed by atoms with E-state index in [-0.39, 0.29) is 0 Å². The lowest BCUT2D eigenvalue weighted by Gasteiger charge is -2.47. The van der Waals surface area contributed by atoms with E-state index in [0.29, 0.717) is 17.6 Å². The summed E-state index contributed by atoms with van der Waals surface area (Å²) >= 11 is 0. The molecule has 0 aliphatic carbocycles. The van der Waals surface area contributed by atoms with Crippen molar-refractivity contribution in [1.82, 2.24) is 15.1 Å². The molecule has 1 N–H and O–H groups in total. The minimum atomic E-state index is 0.302. The molecule has 2 saturated heterocycles. The second-order valence-electron chi connectivity index (χ2n) is 6.79. The van der Waals surface area contributed by atoms with Crippen molar-refractivity contribution < 1.29 is 4.74 Å². The first-order valence-corrected chi connectivity index (χ1v) is 7.82. The van der Waals surface area contributed by atoms with E-state index in [1.807, 2.05) is 0 Å². The highest BCUT2D eigenvalue weighted by Crippen LogP contribution is 2.20. The number of nitrogens with zero attached hydrogens (tertiary/aromatic N) is 2. The second kappa shape index (κ2) is 6.53. The van der Waals surface area contributed by atoms with Crippen LogP contribution >= 0.6 is 0 Å². The Bertz CT molecular complexity index is 267. The third-order valence-corrected chi connectivity index (χ3v) is 4.52. The maximum atomic E-state index is 5.71. The van der Waals surface area contributed by atoms with E-state index in [2.05, 4.69) is 42.8 Å². The van der Waals surface area contributed by atoms with Crippen LogP contribution in [0.5, 0.6) is 0 Å². The van der Waals surface area contributed by atoms with Crippen molar-refractivity contribution in [3.63, 3.8) is 0 Å². The Morgan fingerprint density at radius 3 is 2.42 bits per heavy atom. The quantitative estimate of drug-likeness (QED) is 0.832. The number of rotatable bonds is 3. The molecule has 2 aliphatic heterocycles. The van der Waals surface area contributed by atoms with Gasteiger partial charge in [0, 0.05) is 50.4 Å². The molecule has 4 heteroatoms. The minimum Gasteiger partial charge on any atom is -0.380 e. The summed E-state index contributed by atoms with van der Waals surface area (Å²) in [7, 11) is 0. The van der Waals surface area contributed by atoms with E-state index in [1.165, 1.54) is 26.2 Å². The predicted molar refractivity (Wildman–Crippen MR) is 79.6 cm³/mol.